The Morgan fingerprint density at radius 1 is 0.941 bits per heavy atom. The van der Waals surface area contributed by atoms with Crippen LogP contribution in [0.2, 0.25) is 0 Å². The number of benzene rings is 3. The normalized spacial score (nSPS) is 14.5. The van der Waals surface area contributed by atoms with Crippen molar-refractivity contribution in [1.82, 2.24) is 10.2 Å². The Labute approximate surface area is 200 Å². The van der Waals surface area contributed by atoms with E-state index < -0.39 is 10.0 Å². The quantitative estimate of drug-likeness (QED) is 0.516. The largest absolute Gasteiger partial charge is 0.379 e. The molecular weight excluding hydrogens is 450 g/mol. The maximum atomic E-state index is 12.8. The summed E-state index contributed by atoms with van der Waals surface area (Å²) in [7, 11) is -3.74. The molecule has 0 saturated carbocycles. The zero-order valence-electron chi connectivity index (χ0n) is 19.2. The number of hydrogen-bond donors (Lipinski definition) is 2. The van der Waals surface area contributed by atoms with E-state index in [1.807, 2.05) is 25.1 Å². The zero-order chi connectivity index (χ0) is 24.0. The van der Waals surface area contributed by atoms with Gasteiger partial charge in [-0.2, -0.15) is 0 Å². The molecule has 7 nitrogen and oxygen atoms in total. The molecule has 1 heterocycles. The third-order valence-corrected chi connectivity index (χ3v) is 7.16. The first-order valence-corrected chi connectivity index (χ1v) is 12.7. The summed E-state index contributed by atoms with van der Waals surface area (Å²) in [5, 5.41) is 2.96. The fraction of sp³-hybridized carbons (Fsp3) is 0.269. The minimum absolute atomic E-state index is 0.171. The molecule has 0 aliphatic carbocycles. The maximum absolute atomic E-state index is 12.8. The summed E-state index contributed by atoms with van der Waals surface area (Å²) in [6, 6.07) is 21.2. The molecule has 3 aromatic carbocycles. The molecule has 0 radical (unpaired) electrons. The van der Waals surface area contributed by atoms with Gasteiger partial charge in [0.05, 0.1) is 18.1 Å². The molecule has 3 aromatic rings. The molecule has 2 N–H and O–H groups in total. The Morgan fingerprint density at radius 3 is 2.38 bits per heavy atom. The molecule has 0 atom stereocenters. The minimum Gasteiger partial charge on any atom is -0.379 e. The first kappa shape index (κ1) is 23.9. The number of carbonyl (C=O) groups is 1. The lowest BCUT2D eigenvalue weighted by Crippen LogP contribution is -2.36. The molecule has 1 aliphatic heterocycles. The van der Waals surface area contributed by atoms with E-state index in [-0.39, 0.29) is 10.8 Å². The van der Waals surface area contributed by atoms with Crippen molar-refractivity contribution in [3.05, 3.63) is 95.1 Å². The lowest BCUT2D eigenvalue weighted by Gasteiger charge is -2.27. The van der Waals surface area contributed by atoms with Gasteiger partial charge < -0.3 is 10.1 Å². The fourth-order valence-corrected chi connectivity index (χ4v) is 4.87. The highest BCUT2D eigenvalue weighted by Gasteiger charge is 2.16. The van der Waals surface area contributed by atoms with E-state index in [9.17, 15) is 13.2 Å². The second-order valence-corrected chi connectivity index (χ2v) is 10.0. The number of amides is 1. The number of ether oxygens (including phenoxy) is 1. The minimum atomic E-state index is -3.74. The average molecular weight is 480 g/mol. The SMILES string of the molecule is Cc1ccc(S(=O)(=O)Nc2cccc(C(=O)NCc3ccccc3CN3CCOCC3)c2)cc1. The van der Waals surface area contributed by atoms with Crippen LogP contribution < -0.4 is 10.0 Å². The van der Waals surface area contributed by atoms with Crippen LogP contribution in [-0.4, -0.2) is 45.5 Å². The van der Waals surface area contributed by atoms with Crippen LogP contribution in [0.3, 0.4) is 0 Å². The Kier molecular flexibility index (Phi) is 7.62. The van der Waals surface area contributed by atoms with E-state index in [1.54, 1.807) is 48.5 Å². The third kappa shape index (κ3) is 6.22. The average Bonchev–Trinajstić information content (AvgIpc) is 2.84. The lowest BCUT2D eigenvalue weighted by atomic mass is 10.1. The number of sulfonamides is 1. The van der Waals surface area contributed by atoms with Crippen molar-refractivity contribution in [3.8, 4) is 0 Å². The fourth-order valence-electron chi connectivity index (χ4n) is 3.82. The second-order valence-electron chi connectivity index (χ2n) is 8.34. The Balaban J connectivity index is 1.41. The highest BCUT2D eigenvalue weighted by atomic mass is 32.2. The number of carbonyl (C=O) groups excluding carboxylic acids is 1. The van der Waals surface area contributed by atoms with Crippen LogP contribution in [-0.2, 0) is 27.8 Å². The van der Waals surface area contributed by atoms with Crippen LogP contribution in [0.15, 0.2) is 77.7 Å². The number of hydrogen-bond acceptors (Lipinski definition) is 5. The number of aryl methyl sites for hydroxylation is 1. The van der Waals surface area contributed by atoms with Crippen molar-refractivity contribution in [2.75, 3.05) is 31.0 Å². The second kappa shape index (κ2) is 10.8. The van der Waals surface area contributed by atoms with Gasteiger partial charge in [-0.3, -0.25) is 14.4 Å². The van der Waals surface area contributed by atoms with Gasteiger partial charge in [0.25, 0.3) is 15.9 Å². The smallest absolute Gasteiger partial charge is 0.261 e. The molecular formula is C26H29N3O4S. The summed E-state index contributed by atoms with van der Waals surface area (Å²) in [4.78, 5) is 15.3. The van der Waals surface area contributed by atoms with Gasteiger partial charge in [-0.1, -0.05) is 48.0 Å². The molecule has 1 amide bonds. The van der Waals surface area contributed by atoms with Gasteiger partial charge in [-0.25, -0.2) is 8.42 Å². The highest BCUT2D eigenvalue weighted by Crippen LogP contribution is 2.18. The van der Waals surface area contributed by atoms with E-state index >= 15 is 0 Å². The molecule has 0 aromatic heterocycles. The van der Waals surface area contributed by atoms with Crippen LogP contribution in [0.1, 0.15) is 27.0 Å². The van der Waals surface area contributed by atoms with Gasteiger partial charge in [0.2, 0.25) is 0 Å². The van der Waals surface area contributed by atoms with Crippen LogP contribution >= 0.6 is 0 Å². The molecule has 4 rings (SSSR count). The number of anilines is 1. The number of rotatable bonds is 8. The number of morpholine rings is 1. The van der Waals surface area contributed by atoms with E-state index in [0.29, 0.717) is 17.8 Å². The summed E-state index contributed by atoms with van der Waals surface area (Å²) in [5.74, 6) is -0.266. The van der Waals surface area contributed by atoms with Gasteiger partial charge in [0.15, 0.2) is 0 Å². The molecule has 34 heavy (non-hydrogen) atoms. The Morgan fingerprint density at radius 2 is 1.65 bits per heavy atom. The van der Waals surface area contributed by atoms with Gasteiger partial charge in [0, 0.05) is 37.4 Å². The Bertz CT molecular complexity index is 1240. The molecule has 1 saturated heterocycles. The standard InChI is InChI=1S/C26H29N3O4S/c1-20-9-11-25(12-10-20)34(31,32)28-24-8-4-7-21(17-24)26(30)27-18-22-5-2-3-6-23(22)19-29-13-15-33-16-14-29/h2-12,17,28H,13-16,18-19H2,1H3,(H,27,30). The van der Waals surface area contributed by atoms with E-state index in [1.165, 1.54) is 5.56 Å². The number of nitrogens with zero attached hydrogens (tertiary/aromatic N) is 1. The monoisotopic (exact) mass is 479 g/mol. The van der Waals surface area contributed by atoms with Gasteiger partial charge in [-0.15, -0.1) is 0 Å². The van der Waals surface area contributed by atoms with Crippen molar-refractivity contribution in [1.29, 1.82) is 0 Å². The summed E-state index contributed by atoms with van der Waals surface area (Å²) in [6.45, 7) is 6.36. The lowest BCUT2D eigenvalue weighted by molar-refractivity contribution is 0.0340. The van der Waals surface area contributed by atoms with Crippen LogP contribution in [0.25, 0.3) is 0 Å². The van der Waals surface area contributed by atoms with Crippen molar-refractivity contribution < 1.29 is 17.9 Å². The van der Waals surface area contributed by atoms with Crippen LogP contribution in [0.4, 0.5) is 5.69 Å². The number of nitrogens with one attached hydrogen (secondary N) is 2. The van der Waals surface area contributed by atoms with Crippen LogP contribution in [0, 0.1) is 6.92 Å². The summed E-state index contributed by atoms with van der Waals surface area (Å²) >= 11 is 0. The van der Waals surface area contributed by atoms with E-state index in [2.05, 4.69) is 21.0 Å². The molecule has 8 heteroatoms. The van der Waals surface area contributed by atoms with Crippen LogP contribution in [0.5, 0.6) is 0 Å². The zero-order valence-corrected chi connectivity index (χ0v) is 20.0. The first-order valence-electron chi connectivity index (χ1n) is 11.3. The Hall–Kier alpha value is -3.20. The van der Waals surface area contributed by atoms with Crippen molar-refractivity contribution in [3.63, 3.8) is 0 Å². The van der Waals surface area contributed by atoms with E-state index in [0.717, 1.165) is 44.0 Å². The van der Waals surface area contributed by atoms with Crippen molar-refractivity contribution >= 4 is 21.6 Å². The van der Waals surface area contributed by atoms with Gasteiger partial charge >= 0.3 is 0 Å². The summed E-state index contributed by atoms with van der Waals surface area (Å²) < 4.78 is 33.3. The van der Waals surface area contributed by atoms with Gasteiger partial charge in [0.1, 0.15) is 0 Å². The van der Waals surface area contributed by atoms with Crippen molar-refractivity contribution in [2.45, 2.75) is 24.9 Å². The molecule has 0 bridgehead atoms. The topological polar surface area (TPSA) is 87.7 Å². The third-order valence-electron chi connectivity index (χ3n) is 5.76. The predicted molar refractivity (Wildman–Crippen MR) is 132 cm³/mol. The van der Waals surface area contributed by atoms with Crippen molar-refractivity contribution in [2.24, 2.45) is 0 Å². The van der Waals surface area contributed by atoms with Gasteiger partial charge in [-0.05, 0) is 48.4 Å². The molecule has 1 fully saturated rings. The summed E-state index contributed by atoms with van der Waals surface area (Å²) in [5.41, 5.74) is 3.92. The predicted octanol–water partition coefficient (Wildman–Crippen LogP) is 3.56. The molecule has 1 aliphatic rings. The molecule has 0 spiro atoms. The molecule has 0 unspecified atom stereocenters. The maximum Gasteiger partial charge on any atom is 0.261 e. The van der Waals surface area contributed by atoms with E-state index in [4.69, 9.17) is 4.74 Å². The molecule has 178 valence electrons. The highest BCUT2D eigenvalue weighted by molar-refractivity contribution is 7.92. The summed E-state index contributed by atoms with van der Waals surface area (Å²) in [6.07, 6.45) is 0. The first-order chi connectivity index (χ1) is 16.4.